The molecule has 0 fully saturated rings. The first-order valence-corrected chi connectivity index (χ1v) is 11.6. The van der Waals surface area contributed by atoms with Crippen molar-refractivity contribution in [2.75, 3.05) is 17.2 Å². The zero-order chi connectivity index (χ0) is 25.7. The molecule has 10 nitrogen and oxygen atoms in total. The topological polar surface area (TPSA) is 172 Å². The highest BCUT2D eigenvalue weighted by molar-refractivity contribution is 7.09. The van der Waals surface area contributed by atoms with E-state index in [2.05, 4.69) is 9.69 Å². The number of rotatable bonds is 9. The van der Waals surface area contributed by atoms with Crippen LogP contribution >= 0.6 is 11.5 Å². The molecule has 0 aliphatic rings. The Labute approximate surface area is 206 Å². The monoisotopic (exact) mass is 497 g/mol. The SMILES string of the molecule is CC(C)CCNC(=O)[C@H](c1ccc(O)cc1)N(C(=O)c1snc(C(N)=O)c1N)c1cccc(O)c1. The molecular weight excluding hydrogens is 470 g/mol. The van der Waals surface area contributed by atoms with E-state index in [1.165, 1.54) is 47.4 Å². The Balaban J connectivity index is 2.16. The van der Waals surface area contributed by atoms with Crippen molar-refractivity contribution in [2.24, 2.45) is 11.7 Å². The molecule has 1 heterocycles. The number of nitrogens with one attached hydrogen (secondary N) is 1. The first-order valence-electron chi connectivity index (χ1n) is 10.8. The lowest BCUT2D eigenvalue weighted by molar-refractivity contribution is -0.122. The van der Waals surface area contributed by atoms with Gasteiger partial charge in [-0.2, -0.15) is 4.37 Å². The van der Waals surface area contributed by atoms with Crippen LogP contribution in [0.15, 0.2) is 48.5 Å². The molecule has 0 aliphatic heterocycles. The normalized spacial score (nSPS) is 11.7. The van der Waals surface area contributed by atoms with Gasteiger partial charge in [0.05, 0.1) is 5.69 Å². The maximum absolute atomic E-state index is 13.8. The summed E-state index contributed by atoms with van der Waals surface area (Å²) < 4.78 is 3.90. The number of anilines is 2. The van der Waals surface area contributed by atoms with Crippen molar-refractivity contribution in [3.8, 4) is 11.5 Å². The molecule has 1 aromatic heterocycles. The van der Waals surface area contributed by atoms with E-state index < -0.39 is 23.8 Å². The Hall–Kier alpha value is -4.12. The number of hydrogen-bond acceptors (Lipinski definition) is 8. The molecule has 11 heteroatoms. The van der Waals surface area contributed by atoms with E-state index in [0.717, 1.165) is 6.42 Å². The highest BCUT2D eigenvalue weighted by Gasteiger charge is 2.36. The molecule has 0 bridgehead atoms. The van der Waals surface area contributed by atoms with E-state index in [1.54, 1.807) is 6.07 Å². The molecule has 7 N–H and O–H groups in total. The molecular formula is C24H27N5O5S. The Kier molecular flexibility index (Phi) is 7.92. The summed E-state index contributed by atoms with van der Waals surface area (Å²) in [7, 11) is 0. The molecule has 35 heavy (non-hydrogen) atoms. The van der Waals surface area contributed by atoms with Crippen LogP contribution in [-0.2, 0) is 4.79 Å². The molecule has 0 aliphatic carbocycles. The number of nitrogens with two attached hydrogens (primary N) is 2. The highest BCUT2D eigenvalue weighted by atomic mass is 32.1. The zero-order valence-corrected chi connectivity index (χ0v) is 20.1. The van der Waals surface area contributed by atoms with Gasteiger partial charge >= 0.3 is 0 Å². The third kappa shape index (κ3) is 5.87. The van der Waals surface area contributed by atoms with Crippen molar-refractivity contribution < 1.29 is 24.6 Å². The standard InChI is InChI=1S/C24H27N5O5S/c1-13(2)10-11-27-23(33)20(14-6-8-16(30)9-7-14)29(15-4-3-5-17(31)12-15)24(34)21-18(25)19(22(26)32)28-35-21/h3-9,12-13,20,30-31H,10-11,25H2,1-2H3,(H2,26,32)(H,27,33)/t20-/m0/s1. The molecule has 0 saturated carbocycles. The van der Waals surface area contributed by atoms with E-state index in [0.29, 0.717) is 29.6 Å². The van der Waals surface area contributed by atoms with Gasteiger partial charge in [-0.15, -0.1) is 0 Å². The predicted molar refractivity (Wildman–Crippen MR) is 133 cm³/mol. The Morgan fingerprint density at radius 2 is 1.77 bits per heavy atom. The number of phenolic OH excluding ortho intramolecular Hbond substituents is 2. The van der Waals surface area contributed by atoms with Crippen molar-refractivity contribution in [1.82, 2.24) is 9.69 Å². The number of nitrogens with zero attached hydrogens (tertiary/aromatic N) is 2. The van der Waals surface area contributed by atoms with Gasteiger partial charge in [0.15, 0.2) is 5.69 Å². The van der Waals surface area contributed by atoms with Crippen molar-refractivity contribution >= 4 is 40.6 Å². The minimum absolute atomic E-state index is 0.0132. The number of aromatic hydroxyl groups is 2. The first-order chi connectivity index (χ1) is 16.6. The number of amides is 3. The molecule has 184 valence electrons. The fraction of sp³-hybridized carbons (Fsp3) is 0.250. The summed E-state index contributed by atoms with van der Waals surface area (Å²) in [6, 6.07) is 10.5. The molecule has 0 spiro atoms. The molecule has 3 aromatic rings. The fourth-order valence-electron chi connectivity index (χ4n) is 3.42. The summed E-state index contributed by atoms with van der Waals surface area (Å²) in [6.07, 6.45) is 0.720. The van der Waals surface area contributed by atoms with Gasteiger partial charge in [-0.25, -0.2) is 0 Å². The average molecular weight is 498 g/mol. The van der Waals surface area contributed by atoms with Crippen LogP contribution in [0.3, 0.4) is 0 Å². The van der Waals surface area contributed by atoms with Gasteiger partial charge in [0.25, 0.3) is 11.8 Å². The Morgan fingerprint density at radius 3 is 2.34 bits per heavy atom. The maximum Gasteiger partial charge on any atom is 0.273 e. The van der Waals surface area contributed by atoms with Gasteiger partial charge < -0.3 is 27.0 Å². The molecule has 0 radical (unpaired) electrons. The van der Waals surface area contributed by atoms with Gasteiger partial charge in [0, 0.05) is 18.3 Å². The largest absolute Gasteiger partial charge is 0.508 e. The number of benzene rings is 2. The lowest BCUT2D eigenvalue weighted by Crippen LogP contribution is -2.44. The minimum atomic E-state index is -1.20. The lowest BCUT2D eigenvalue weighted by atomic mass is 10.0. The summed E-state index contributed by atoms with van der Waals surface area (Å²) in [5.41, 5.74) is 11.5. The van der Waals surface area contributed by atoms with Gasteiger partial charge in [-0.3, -0.25) is 19.3 Å². The predicted octanol–water partition coefficient (Wildman–Crippen LogP) is 2.79. The van der Waals surface area contributed by atoms with Gasteiger partial charge in [-0.05, 0) is 53.7 Å². The molecule has 0 saturated heterocycles. The van der Waals surface area contributed by atoms with Crippen LogP contribution in [0, 0.1) is 5.92 Å². The van der Waals surface area contributed by atoms with Gasteiger partial charge in [0.2, 0.25) is 5.91 Å². The van der Waals surface area contributed by atoms with Crippen LogP contribution in [-0.4, -0.2) is 38.9 Å². The number of primary amides is 1. The fourth-order valence-corrected chi connectivity index (χ4v) is 4.16. The summed E-state index contributed by atoms with van der Waals surface area (Å²) in [4.78, 5) is 40.1. The smallest absolute Gasteiger partial charge is 0.273 e. The van der Waals surface area contributed by atoms with Crippen LogP contribution in [0.1, 0.15) is 52.0 Å². The number of aromatic nitrogens is 1. The van der Waals surface area contributed by atoms with Crippen LogP contribution in [0.25, 0.3) is 0 Å². The van der Waals surface area contributed by atoms with Crippen LogP contribution in [0.5, 0.6) is 11.5 Å². The van der Waals surface area contributed by atoms with Crippen molar-refractivity contribution in [2.45, 2.75) is 26.3 Å². The summed E-state index contributed by atoms with van der Waals surface area (Å²) in [5.74, 6) is -1.87. The van der Waals surface area contributed by atoms with E-state index in [9.17, 15) is 24.6 Å². The second-order valence-corrected chi connectivity index (χ2v) is 9.07. The summed E-state index contributed by atoms with van der Waals surface area (Å²) in [6.45, 7) is 4.42. The summed E-state index contributed by atoms with van der Waals surface area (Å²) in [5, 5.41) is 22.7. The molecule has 0 unspecified atom stereocenters. The number of carbonyl (C=O) groups excluding carboxylic acids is 3. The van der Waals surface area contributed by atoms with E-state index in [4.69, 9.17) is 11.5 Å². The Morgan fingerprint density at radius 1 is 1.09 bits per heavy atom. The van der Waals surface area contributed by atoms with E-state index >= 15 is 0 Å². The third-order valence-corrected chi connectivity index (χ3v) is 6.07. The number of nitrogen functional groups attached to an aromatic ring is 1. The Bertz CT molecular complexity index is 1230. The molecule has 3 rings (SSSR count). The number of carbonyl (C=O) groups is 3. The van der Waals surface area contributed by atoms with Crippen molar-refractivity contribution in [1.29, 1.82) is 0 Å². The molecule has 3 amide bonds. The third-order valence-electron chi connectivity index (χ3n) is 5.22. The first kappa shape index (κ1) is 25.5. The van der Waals surface area contributed by atoms with Gasteiger partial charge in [-0.1, -0.05) is 32.0 Å². The van der Waals surface area contributed by atoms with Crippen molar-refractivity contribution in [3.05, 3.63) is 64.7 Å². The van der Waals surface area contributed by atoms with Gasteiger partial charge in [0.1, 0.15) is 22.4 Å². The second-order valence-electron chi connectivity index (χ2n) is 8.30. The highest BCUT2D eigenvalue weighted by Crippen LogP contribution is 2.34. The lowest BCUT2D eigenvalue weighted by Gasteiger charge is -2.31. The number of hydrogen-bond donors (Lipinski definition) is 5. The van der Waals surface area contributed by atoms with E-state index in [1.807, 2.05) is 13.8 Å². The number of phenols is 2. The quantitative estimate of drug-likeness (QED) is 0.302. The zero-order valence-electron chi connectivity index (χ0n) is 19.3. The maximum atomic E-state index is 13.8. The van der Waals surface area contributed by atoms with E-state index in [-0.39, 0.29) is 33.4 Å². The summed E-state index contributed by atoms with van der Waals surface area (Å²) >= 11 is 0.687. The second kappa shape index (κ2) is 10.9. The molecule has 1 atom stereocenters. The van der Waals surface area contributed by atoms with Crippen LogP contribution < -0.4 is 21.7 Å². The average Bonchev–Trinajstić information content (AvgIpc) is 3.19. The van der Waals surface area contributed by atoms with Crippen LogP contribution in [0.2, 0.25) is 0 Å². The van der Waals surface area contributed by atoms with Crippen molar-refractivity contribution in [3.63, 3.8) is 0 Å². The molecule has 2 aromatic carbocycles. The minimum Gasteiger partial charge on any atom is -0.508 e. The van der Waals surface area contributed by atoms with Crippen LogP contribution in [0.4, 0.5) is 11.4 Å².